The van der Waals surface area contributed by atoms with Crippen LogP contribution in [0.1, 0.15) is 23.1 Å². The van der Waals surface area contributed by atoms with Gasteiger partial charge in [-0.3, -0.25) is 4.90 Å². The molecule has 160 valence electrons. The fraction of sp³-hybridized carbons (Fsp3) is 0.304. The lowest BCUT2D eigenvalue weighted by molar-refractivity contribution is -0.0348. The SMILES string of the molecule is Cc1csc(Nc2cccc([C@H]3CN(Cc4cn(C)c5ccc(F)cc45)CCO3)n2)n1. The van der Waals surface area contributed by atoms with E-state index in [-0.39, 0.29) is 11.9 Å². The number of aryl methyl sites for hydroxylation is 2. The van der Waals surface area contributed by atoms with E-state index in [9.17, 15) is 4.39 Å². The van der Waals surface area contributed by atoms with Crippen molar-refractivity contribution in [2.45, 2.75) is 19.6 Å². The van der Waals surface area contributed by atoms with Crippen molar-refractivity contribution in [3.05, 3.63) is 70.7 Å². The number of halogens is 1. The van der Waals surface area contributed by atoms with Crippen molar-refractivity contribution in [3.63, 3.8) is 0 Å². The number of morpholine rings is 1. The van der Waals surface area contributed by atoms with E-state index >= 15 is 0 Å². The molecule has 1 atom stereocenters. The molecule has 1 aliphatic heterocycles. The van der Waals surface area contributed by atoms with Crippen molar-refractivity contribution in [2.75, 3.05) is 25.0 Å². The second-order valence-electron chi connectivity index (χ2n) is 7.89. The first-order valence-electron chi connectivity index (χ1n) is 10.3. The normalized spacial score (nSPS) is 17.3. The Morgan fingerprint density at radius 1 is 1.26 bits per heavy atom. The van der Waals surface area contributed by atoms with Crippen molar-refractivity contribution in [1.29, 1.82) is 0 Å². The molecule has 8 heteroatoms. The molecule has 1 aromatic carbocycles. The molecule has 31 heavy (non-hydrogen) atoms. The van der Waals surface area contributed by atoms with Crippen molar-refractivity contribution < 1.29 is 9.13 Å². The summed E-state index contributed by atoms with van der Waals surface area (Å²) in [5.41, 5.74) is 4.05. The molecule has 6 nitrogen and oxygen atoms in total. The molecule has 1 fully saturated rings. The van der Waals surface area contributed by atoms with Gasteiger partial charge in [0.25, 0.3) is 0 Å². The number of anilines is 2. The largest absolute Gasteiger partial charge is 0.369 e. The van der Waals surface area contributed by atoms with Crippen LogP contribution >= 0.6 is 11.3 Å². The highest BCUT2D eigenvalue weighted by atomic mass is 32.1. The summed E-state index contributed by atoms with van der Waals surface area (Å²) in [4.78, 5) is 11.5. The highest BCUT2D eigenvalue weighted by molar-refractivity contribution is 7.13. The number of hydrogen-bond donors (Lipinski definition) is 1. The Balaban J connectivity index is 1.32. The van der Waals surface area contributed by atoms with Gasteiger partial charge in [-0.15, -0.1) is 11.3 Å². The van der Waals surface area contributed by atoms with Gasteiger partial charge in [0.1, 0.15) is 17.7 Å². The molecule has 4 heterocycles. The molecule has 0 radical (unpaired) electrons. The maximum absolute atomic E-state index is 13.8. The van der Waals surface area contributed by atoms with E-state index < -0.39 is 0 Å². The maximum atomic E-state index is 13.8. The Hall–Kier alpha value is -2.81. The van der Waals surface area contributed by atoms with Crippen LogP contribution in [0.25, 0.3) is 10.9 Å². The topological polar surface area (TPSA) is 55.2 Å². The van der Waals surface area contributed by atoms with Crippen LogP contribution in [-0.4, -0.2) is 39.1 Å². The first-order valence-corrected chi connectivity index (χ1v) is 11.2. The number of fused-ring (bicyclic) bond motifs is 1. The van der Waals surface area contributed by atoms with Gasteiger partial charge < -0.3 is 14.6 Å². The van der Waals surface area contributed by atoms with Gasteiger partial charge in [-0.25, -0.2) is 14.4 Å². The molecular formula is C23H24FN5OS. The standard InChI is InChI=1S/C23H24FN5OS/c1-15-14-31-23(25-15)27-22-5-3-4-19(26-22)21-13-29(8-9-30-21)12-16-11-28(2)20-7-6-17(24)10-18(16)20/h3-7,10-11,14,21H,8-9,12-13H2,1-2H3,(H,25,26,27)/t21-/m1/s1. The zero-order chi connectivity index (χ0) is 21.4. The number of thiazole rings is 1. The molecule has 0 amide bonds. The molecular weight excluding hydrogens is 413 g/mol. The molecule has 5 rings (SSSR count). The van der Waals surface area contributed by atoms with Gasteiger partial charge in [0, 0.05) is 49.2 Å². The molecule has 1 N–H and O–H groups in total. The van der Waals surface area contributed by atoms with Crippen LogP contribution in [0.15, 0.2) is 48.0 Å². The van der Waals surface area contributed by atoms with Crippen molar-refractivity contribution in [2.24, 2.45) is 7.05 Å². The number of nitrogens with zero attached hydrogens (tertiary/aromatic N) is 4. The number of hydrogen-bond acceptors (Lipinski definition) is 6. The average molecular weight is 438 g/mol. The molecule has 1 saturated heterocycles. The minimum atomic E-state index is -0.205. The quantitative estimate of drug-likeness (QED) is 0.486. The second kappa shape index (κ2) is 8.37. The van der Waals surface area contributed by atoms with Crippen molar-refractivity contribution in [3.8, 4) is 0 Å². The molecule has 4 aromatic rings. The molecule has 1 aliphatic rings. The number of aromatic nitrogens is 3. The number of ether oxygens (including phenoxy) is 1. The summed E-state index contributed by atoms with van der Waals surface area (Å²) in [6, 6.07) is 10.9. The molecule has 3 aromatic heterocycles. The van der Waals surface area contributed by atoms with Gasteiger partial charge in [-0.1, -0.05) is 6.07 Å². The molecule has 0 bridgehead atoms. The predicted molar refractivity (Wildman–Crippen MR) is 121 cm³/mol. The summed E-state index contributed by atoms with van der Waals surface area (Å²) in [5, 5.41) is 7.08. The number of nitrogens with one attached hydrogen (secondary N) is 1. The Morgan fingerprint density at radius 2 is 2.16 bits per heavy atom. The van der Waals surface area contributed by atoms with E-state index in [4.69, 9.17) is 9.72 Å². The molecule has 0 saturated carbocycles. The van der Waals surface area contributed by atoms with E-state index in [0.717, 1.165) is 58.4 Å². The van der Waals surface area contributed by atoms with Crippen LogP contribution in [0.4, 0.5) is 15.3 Å². The number of pyridine rings is 1. The molecule has 0 spiro atoms. The van der Waals surface area contributed by atoms with E-state index in [0.29, 0.717) is 6.61 Å². The third-order valence-electron chi connectivity index (χ3n) is 5.53. The highest BCUT2D eigenvalue weighted by Crippen LogP contribution is 2.27. The summed E-state index contributed by atoms with van der Waals surface area (Å²) in [7, 11) is 2.00. The van der Waals surface area contributed by atoms with Crippen molar-refractivity contribution in [1.82, 2.24) is 19.4 Å². The van der Waals surface area contributed by atoms with Crippen LogP contribution in [0.5, 0.6) is 0 Å². The Labute approximate surface area is 184 Å². The third-order valence-corrected chi connectivity index (χ3v) is 6.41. The second-order valence-corrected chi connectivity index (χ2v) is 8.75. The lowest BCUT2D eigenvalue weighted by atomic mass is 10.1. The van der Waals surface area contributed by atoms with Gasteiger partial charge in [-0.2, -0.15) is 0 Å². The predicted octanol–water partition coefficient (Wildman–Crippen LogP) is 4.79. The summed E-state index contributed by atoms with van der Waals surface area (Å²) in [6.45, 7) is 4.92. The van der Waals surface area contributed by atoms with Crippen LogP contribution in [0.2, 0.25) is 0 Å². The Kier molecular flexibility index (Phi) is 5.43. The minimum absolute atomic E-state index is 0.111. The summed E-state index contributed by atoms with van der Waals surface area (Å²) in [5.74, 6) is 0.556. The smallest absolute Gasteiger partial charge is 0.188 e. The lowest BCUT2D eigenvalue weighted by Gasteiger charge is -2.32. The maximum Gasteiger partial charge on any atom is 0.188 e. The minimum Gasteiger partial charge on any atom is -0.369 e. The van der Waals surface area contributed by atoms with Gasteiger partial charge in [0.15, 0.2) is 5.13 Å². The summed E-state index contributed by atoms with van der Waals surface area (Å²) < 4.78 is 21.9. The molecule has 0 unspecified atom stereocenters. The van der Waals surface area contributed by atoms with Gasteiger partial charge in [0.2, 0.25) is 0 Å². The summed E-state index contributed by atoms with van der Waals surface area (Å²) in [6.07, 6.45) is 1.98. The fourth-order valence-electron chi connectivity index (χ4n) is 4.06. The van der Waals surface area contributed by atoms with Crippen LogP contribution < -0.4 is 5.32 Å². The van der Waals surface area contributed by atoms with E-state index in [1.54, 1.807) is 17.4 Å². The van der Waals surface area contributed by atoms with Gasteiger partial charge in [-0.05, 0) is 42.8 Å². The zero-order valence-corrected chi connectivity index (χ0v) is 18.3. The third kappa shape index (κ3) is 4.32. The van der Waals surface area contributed by atoms with Crippen molar-refractivity contribution >= 4 is 33.2 Å². The van der Waals surface area contributed by atoms with E-state index in [1.165, 1.54) is 6.07 Å². The first-order chi connectivity index (χ1) is 15.0. The Morgan fingerprint density at radius 3 is 3.00 bits per heavy atom. The molecule has 0 aliphatic carbocycles. The monoisotopic (exact) mass is 437 g/mol. The highest BCUT2D eigenvalue weighted by Gasteiger charge is 2.24. The average Bonchev–Trinajstić information content (AvgIpc) is 3.31. The number of benzene rings is 1. The van der Waals surface area contributed by atoms with Crippen LogP contribution in [-0.2, 0) is 18.3 Å². The zero-order valence-electron chi connectivity index (χ0n) is 17.5. The van der Waals surface area contributed by atoms with Gasteiger partial charge in [0.05, 0.1) is 18.0 Å². The van der Waals surface area contributed by atoms with E-state index in [2.05, 4.69) is 26.0 Å². The van der Waals surface area contributed by atoms with Gasteiger partial charge >= 0.3 is 0 Å². The summed E-state index contributed by atoms with van der Waals surface area (Å²) >= 11 is 1.56. The Bertz CT molecular complexity index is 1220. The van der Waals surface area contributed by atoms with E-state index in [1.807, 2.05) is 43.6 Å². The fourth-order valence-corrected chi connectivity index (χ4v) is 4.75. The van der Waals surface area contributed by atoms with Crippen LogP contribution in [0, 0.1) is 12.7 Å². The first kappa shape index (κ1) is 20.1. The van der Waals surface area contributed by atoms with Crippen LogP contribution in [0.3, 0.4) is 0 Å². The number of rotatable bonds is 5. The lowest BCUT2D eigenvalue weighted by Crippen LogP contribution is -2.38.